The van der Waals surface area contributed by atoms with Gasteiger partial charge in [-0.2, -0.15) is 13.1 Å². The van der Waals surface area contributed by atoms with Crippen molar-refractivity contribution in [1.82, 2.24) is 9.44 Å². The van der Waals surface area contributed by atoms with Crippen LogP contribution in [0.5, 0.6) is 0 Å². The fourth-order valence-corrected chi connectivity index (χ4v) is 2.53. The predicted molar refractivity (Wildman–Crippen MR) is 64.7 cm³/mol. The minimum Gasteiger partial charge on any atom is -0.446 e. The van der Waals surface area contributed by atoms with Gasteiger partial charge >= 0.3 is 16.3 Å². The third-order valence-corrected chi connectivity index (χ3v) is 3.06. The lowest BCUT2D eigenvalue weighted by Gasteiger charge is -2.14. The highest BCUT2D eigenvalue weighted by Crippen LogP contribution is 1.97. The maximum atomic E-state index is 11.4. The molecule has 0 saturated heterocycles. The molecule has 0 heterocycles. The molecule has 0 bridgehead atoms. The SMILES string of the molecule is CC(CCBr)NS(=O)(=O)NC(=O)OC(C)C. The Morgan fingerprint density at radius 2 is 1.94 bits per heavy atom. The van der Waals surface area contributed by atoms with Crippen molar-refractivity contribution in [3.63, 3.8) is 0 Å². The van der Waals surface area contributed by atoms with Crippen LogP contribution in [0.2, 0.25) is 0 Å². The molecule has 0 fully saturated rings. The Labute approximate surface area is 104 Å². The Kier molecular flexibility index (Phi) is 6.93. The van der Waals surface area contributed by atoms with Gasteiger partial charge in [-0.25, -0.2) is 9.52 Å². The molecule has 0 aromatic heterocycles. The number of nitrogens with one attached hydrogen (secondary N) is 2. The van der Waals surface area contributed by atoms with E-state index in [2.05, 4.69) is 25.4 Å². The van der Waals surface area contributed by atoms with E-state index in [-0.39, 0.29) is 12.1 Å². The summed E-state index contributed by atoms with van der Waals surface area (Å²) >= 11 is 3.19. The lowest BCUT2D eigenvalue weighted by atomic mass is 10.3. The van der Waals surface area contributed by atoms with Gasteiger partial charge in [-0.1, -0.05) is 15.9 Å². The van der Waals surface area contributed by atoms with Crippen LogP contribution in [0.1, 0.15) is 27.2 Å². The summed E-state index contributed by atoms with van der Waals surface area (Å²) in [6.45, 7) is 4.97. The van der Waals surface area contributed by atoms with Gasteiger partial charge in [0, 0.05) is 11.4 Å². The van der Waals surface area contributed by atoms with E-state index < -0.39 is 16.3 Å². The zero-order valence-electron chi connectivity index (χ0n) is 9.49. The second kappa shape index (κ2) is 7.08. The fraction of sp³-hybridized carbons (Fsp3) is 0.875. The Bertz CT molecular complexity index is 318. The third-order valence-electron chi connectivity index (χ3n) is 1.46. The highest BCUT2D eigenvalue weighted by molar-refractivity contribution is 9.09. The standard InChI is InChI=1S/C8H17BrN2O4S/c1-6(2)15-8(12)11-16(13,14)10-7(3)4-5-9/h6-7,10H,4-5H2,1-3H3,(H,11,12). The first-order valence-corrected chi connectivity index (χ1v) is 7.44. The molecule has 1 unspecified atom stereocenters. The predicted octanol–water partition coefficient (Wildman–Crippen LogP) is 1.13. The number of alkyl halides is 1. The summed E-state index contributed by atoms with van der Waals surface area (Å²) in [6.07, 6.45) is -0.719. The van der Waals surface area contributed by atoms with Crippen molar-refractivity contribution in [3.8, 4) is 0 Å². The van der Waals surface area contributed by atoms with E-state index in [1.807, 2.05) is 0 Å². The third kappa shape index (κ3) is 7.89. The normalized spacial score (nSPS) is 13.6. The molecule has 16 heavy (non-hydrogen) atoms. The Balaban J connectivity index is 4.19. The van der Waals surface area contributed by atoms with Crippen LogP contribution >= 0.6 is 15.9 Å². The van der Waals surface area contributed by atoms with E-state index in [0.717, 1.165) is 0 Å². The minimum absolute atomic E-state index is 0.260. The van der Waals surface area contributed by atoms with Crippen LogP contribution in [0.15, 0.2) is 0 Å². The molecular weight excluding hydrogens is 300 g/mol. The molecule has 8 heteroatoms. The van der Waals surface area contributed by atoms with Gasteiger partial charge in [0.1, 0.15) is 0 Å². The highest BCUT2D eigenvalue weighted by atomic mass is 79.9. The lowest BCUT2D eigenvalue weighted by Crippen LogP contribution is -2.44. The lowest BCUT2D eigenvalue weighted by molar-refractivity contribution is 0.121. The number of carbonyl (C=O) groups is 1. The maximum absolute atomic E-state index is 11.4. The van der Waals surface area contributed by atoms with Crippen molar-refractivity contribution >= 4 is 32.2 Å². The molecule has 0 aliphatic heterocycles. The van der Waals surface area contributed by atoms with Crippen molar-refractivity contribution in [2.24, 2.45) is 0 Å². The topological polar surface area (TPSA) is 84.5 Å². The van der Waals surface area contributed by atoms with Gasteiger partial charge in [-0.15, -0.1) is 0 Å². The number of hydrogen-bond donors (Lipinski definition) is 2. The summed E-state index contributed by atoms with van der Waals surface area (Å²) in [6, 6.07) is -0.260. The van der Waals surface area contributed by atoms with Crippen LogP contribution in [-0.4, -0.2) is 32.0 Å². The minimum atomic E-state index is -3.84. The summed E-state index contributed by atoms with van der Waals surface area (Å²) in [7, 11) is -3.84. The molecule has 2 N–H and O–H groups in total. The molecule has 96 valence electrons. The summed E-state index contributed by atoms with van der Waals surface area (Å²) in [5.41, 5.74) is 0. The molecule has 1 amide bonds. The van der Waals surface area contributed by atoms with E-state index in [1.54, 1.807) is 25.5 Å². The number of ether oxygens (including phenoxy) is 1. The molecule has 0 aromatic rings. The summed E-state index contributed by atoms with van der Waals surface area (Å²) in [4.78, 5) is 11.0. The smallest absolute Gasteiger partial charge is 0.422 e. The second-order valence-electron chi connectivity index (χ2n) is 3.56. The van der Waals surface area contributed by atoms with Crippen LogP contribution in [0.25, 0.3) is 0 Å². The van der Waals surface area contributed by atoms with Gasteiger partial charge in [0.2, 0.25) is 0 Å². The monoisotopic (exact) mass is 316 g/mol. The van der Waals surface area contributed by atoms with E-state index in [1.165, 1.54) is 0 Å². The molecule has 0 spiro atoms. The van der Waals surface area contributed by atoms with Crippen molar-refractivity contribution < 1.29 is 17.9 Å². The first kappa shape index (κ1) is 15.7. The van der Waals surface area contributed by atoms with Gasteiger partial charge < -0.3 is 4.74 Å². The number of hydrogen-bond acceptors (Lipinski definition) is 4. The van der Waals surface area contributed by atoms with Crippen molar-refractivity contribution in [1.29, 1.82) is 0 Å². The van der Waals surface area contributed by atoms with Crippen LogP contribution in [0.4, 0.5) is 4.79 Å². The molecule has 0 radical (unpaired) electrons. The highest BCUT2D eigenvalue weighted by Gasteiger charge is 2.18. The molecule has 0 aliphatic rings. The summed E-state index contributed by atoms with van der Waals surface area (Å²) in [5, 5.41) is 0.674. The maximum Gasteiger partial charge on any atom is 0.422 e. The first-order chi connectivity index (χ1) is 7.26. The van der Waals surface area contributed by atoms with Gasteiger partial charge in [0.05, 0.1) is 6.10 Å². The molecule has 0 rings (SSSR count). The second-order valence-corrected chi connectivity index (χ2v) is 5.80. The van der Waals surface area contributed by atoms with Gasteiger partial charge in [0.25, 0.3) is 0 Å². The Morgan fingerprint density at radius 1 is 1.38 bits per heavy atom. The molecule has 1 atom stereocenters. The molecule has 0 aromatic carbocycles. The number of rotatable bonds is 6. The van der Waals surface area contributed by atoms with Crippen molar-refractivity contribution in [3.05, 3.63) is 0 Å². The summed E-state index contributed by atoms with van der Waals surface area (Å²) in [5.74, 6) is 0. The number of amides is 1. The summed E-state index contributed by atoms with van der Waals surface area (Å²) < 4.78 is 31.4. The van der Waals surface area contributed by atoms with Crippen molar-refractivity contribution in [2.45, 2.75) is 39.3 Å². The van der Waals surface area contributed by atoms with Crippen molar-refractivity contribution in [2.75, 3.05) is 5.33 Å². The number of carbonyl (C=O) groups excluding carboxylic acids is 1. The number of halogens is 1. The molecule has 0 aliphatic carbocycles. The quantitative estimate of drug-likeness (QED) is 0.719. The molecular formula is C8H17BrN2O4S. The van der Waals surface area contributed by atoms with E-state index >= 15 is 0 Å². The van der Waals surface area contributed by atoms with E-state index in [9.17, 15) is 13.2 Å². The first-order valence-electron chi connectivity index (χ1n) is 4.83. The Hall–Kier alpha value is -0.340. The van der Waals surface area contributed by atoms with E-state index in [4.69, 9.17) is 0 Å². The molecule has 0 saturated carbocycles. The van der Waals surface area contributed by atoms with E-state index in [0.29, 0.717) is 11.8 Å². The van der Waals surface area contributed by atoms with Crippen LogP contribution in [-0.2, 0) is 14.9 Å². The Morgan fingerprint density at radius 3 is 2.38 bits per heavy atom. The average Bonchev–Trinajstić information content (AvgIpc) is 1.98. The van der Waals surface area contributed by atoms with Crippen LogP contribution in [0, 0.1) is 0 Å². The van der Waals surface area contributed by atoms with Crippen LogP contribution < -0.4 is 9.44 Å². The average molecular weight is 317 g/mol. The van der Waals surface area contributed by atoms with Gasteiger partial charge in [-0.05, 0) is 27.2 Å². The van der Waals surface area contributed by atoms with Crippen LogP contribution in [0.3, 0.4) is 0 Å². The largest absolute Gasteiger partial charge is 0.446 e. The zero-order valence-corrected chi connectivity index (χ0v) is 11.9. The molecule has 6 nitrogen and oxygen atoms in total. The zero-order chi connectivity index (χ0) is 12.8. The van der Waals surface area contributed by atoms with Gasteiger partial charge in [-0.3, -0.25) is 0 Å². The van der Waals surface area contributed by atoms with Gasteiger partial charge in [0.15, 0.2) is 0 Å². The fourth-order valence-electron chi connectivity index (χ4n) is 0.865.